The molecule has 10 heteroatoms. The topological polar surface area (TPSA) is 105 Å². The number of ketones is 1. The van der Waals surface area contributed by atoms with Crippen LogP contribution in [0.4, 0.5) is 0 Å². The fourth-order valence-electron chi connectivity index (χ4n) is 6.34. The first kappa shape index (κ1) is 39.1. The number of carbonyl (C=O) groups excluding carboxylic acids is 4. The molecular weight excluding hydrogens is 701 g/mol. The molecule has 0 heterocycles. The zero-order valence-corrected chi connectivity index (χ0v) is 32.9. The van der Waals surface area contributed by atoms with E-state index in [1.807, 2.05) is 72.8 Å². The SMILES string of the molecule is C=CC(=O)COCC[Si](C)(C)c1ccc(OC(=O)c2ccc3c(c2)Cc2cc(C(=O)Oc4ccc([Si](C)(C)CCCOC(=O)C=C)cc4)ccc2-3)cc1. The van der Waals surface area contributed by atoms with E-state index in [2.05, 4.69) is 39.3 Å². The van der Waals surface area contributed by atoms with Gasteiger partial charge in [0.2, 0.25) is 0 Å². The molecule has 0 radical (unpaired) electrons. The third-order valence-corrected chi connectivity index (χ3v) is 16.6. The quantitative estimate of drug-likeness (QED) is 0.0319. The lowest BCUT2D eigenvalue weighted by molar-refractivity contribution is -0.137. The third-order valence-electron chi connectivity index (χ3n) is 9.75. The Balaban J connectivity index is 1.15. The molecule has 0 atom stereocenters. The van der Waals surface area contributed by atoms with Gasteiger partial charge in [-0.15, -0.1) is 0 Å². The second kappa shape index (κ2) is 17.1. The van der Waals surface area contributed by atoms with Gasteiger partial charge in [0.15, 0.2) is 5.78 Å². The maximum Gasteiger partial charge on any atom is 0.343 e. The lowest BCUT2D eigenvalue weighted by Gasteiger charge is -2.23. The molecule has 0 unspecified atom stereocenters. The number of ether oxygens (including phenoxy) is 4. The fraction of sp³-hybridized carbons (Fsp3) is 0.256. The van der Waals surface area contributed by atoms with E-state index in [0.717, 1.165) is 40.8 Å². The van der Waals surface area contributed by atoms with Gasteiger partial charge in [-0.05, 0) is 95.7 Å². The van der Waals surface area contributed by atoms with Crippen LogP contribution in [0.25, 0.3) is 11.1 Å². The molecule has 0 N–H and O–H groups in total. The van der Waals surface area contributed by atoms with Crippen LogP contribution in [0.5, 0.6) is 11.5 Å². The van der Waals surface area contributed by atoms with Crippen LogP contribution in [0.15, 0.2) is 110 Å². The molecule has 5 rings (SSSR count). The van der Waals surface area contributed by atoms with E-state index in [4.69, 9.17) is 18.9 Å². The van der Waals surface area contributed by atoms with Crippen LogP contribution in [0, 0.1) is 0 Å². The summed E-state index contributed by atoms with van der Waals surface area (Å²) in [5, 5.41) is 2.43. The lowest BCUT2D eigenvalue weighted by atomic mass is 10.0. The molecule has 0 fully saturated rings. The number of carbonyl (C=O) groups is 4. The Bertz CT molecular complexity index is 1870. The molecule has 0 saturated heterocycles. The molecule has 0 amide bonds. The minimum Gasteiger partial charge on any atom is -0.463 e. The first-order valence-corrected chi connectivity index (χ1v) is 24.1. The normalized spacial score (nSPS) is 11.9. The summed E-state index contributed by atoms with van der Waals surface area (Å²) in [6.45, 7) is 16.8. The van der Waals surface area contributed by atoms with Gasteiger partial charge in [0.05, 0.1) is 33.9 Å². The molecule has 8 nitrogen and oxygen atoms in total. The average molecular weight is 747 g/mol. The van der Waals surface area contributed by atoms with Crippen molar-refractivity contribution in [2.24, 2.45) is 0 Å². The van der Waals surface area contributed by atoms with Gasteiger partial charge >= 0.3 is 17.9 Å². The molecular formula is C43H46O8Si2. The van der Waals surface area contributed by atoms with Crippen molar-refractivity contribution in [3.63, 3.8) is 0 Å². The maximum absolute atomic E-state index is 13.2. The zero-order valence-electron chi connectivity index (χ0n) is 30.9. The number of esters is 3. The number of fused-ring (bicyclic) bond motifs is 3. The summed E-state index contributed by atoms with van der Waals surface area (Å²) in [6.07, 6.45) is 3.79. The maximum atomic E-state index is 13.2. The van der Waals surface area contributed by atoms with Crippen molar-refractivity contribution in [2.75, 3.05) is 19.8 Å². The molecule has 0 saturated carbocycles. The van der Waals surface area contributed by atoms with Crippen LogP contribution >= 0.6 is 0 Å². The second-order valence-electron chi connectivity index (χ2n) is 14.5. The third kappa shape index (κ3) is 10.0. The van der Waals surface area contributed by atoms with Crippen LogP contribution in [0.3, 0.4) is 0 Å². The van der Waals surface area contributed by atoms with Gasteiger partial charge in [-0.25, -0.2) is 14.4 Å². The minimum atomic E-state index is -1.82. The van der Waals surface area contributed by atoms with E-state index < -0.39 is 34.1 Å². The summed E-state index contributed by atoms with van der Waals surface area (Å²) in [5.74, 6) is -0.478. The van der Waals surface area contributed by atoms with Crippen LogP contribution in [-0.2, 0) is 25.5 Å². The van der Waals surface area contributed by atoms with Crippen LogP contribution < -0.4 is 19.8 Å². The fourth-order valence-corrected chi connectivity index (χ4v) is 10.7. The largest absolute Gasteiger partial charge is 0.463 e. The zero-order chi connectivity index (χ0) is 38.2. The highest BCUT2D eigenvalue weighted by atomic mass is 28.3. The second-order valence-corrected chi connectivity index (χ2v) is 24.2. The van der Waals surface area contributed by atoms with Crippen molar-refractivity contribution >= 4 is 50.2 Å². The predicted molar refractivity (Wildman–Crippen MR) is 213 cm³/mol. The van der Waals surface area contributed by atoms with Gasteiger partial charge in [0.1, 0.15) is 18.1 Å². The Kier molecular flexibility index (Phi) is 12.6. The monoisotopic (exact) mass is 746 g/mol. The number of benzene rings is 4. The van der Waals surface area contributed by atoms with Gasteiger partial charge in [-0.1, -0.05) is 92.2 Å². The molecule has 0 aliphatic heterocycles. The molecule has 0 spiro atoms. The van der Waals surface area contributed by atoms with Crippen molar-refractivity contribution in [1.82, 2.24) is 0 Å². The first-order chi connectivity index (χ1) is 25.3. The highest BCUT2D eigenvalue weighted by Crippen LogP contribution is 2.38. The molecule has 53 heavy (non-hydrogen) atoms. The Morgan fingerprint density at radius 2 is 1.13 bits per heavy atom. The Labute approximate surface area is 313 Å². The van der Waals surface area contributed by atoms with E-state index in [1.165, 1.54) is 22.5 Å². The minimum absolute atomic E-state index is 0.0477. The van der Waals surface area contributed by atoms with Gasteiger partial charge in [0.25, 0.3) is 0 Å². The Hall–Kier alpha value is -5.17. The van der Waals surface area contributed by atoms with Gasteiger partial charge in [-0.2, -0.15) is 0 Å². The Morgan fingerprint density at radius 1 is 0.642 bits per heavy atom. The van der Waals surface area contributed by atoms with E-state index >= 15 is 0 Å². The molecule has 4 aromatic carbocycles. The van der Waals surface area contributed by atoms with Crippen molar-refractivity contribution in [3.8, 4) is 22.6 Å². The van der Waals surface area contributed by atoms with E-state index in [0.29, 0.717) is 42.3 Å². The van der Waals surface area contributed by atoms with Crippen molar-refractivity contribution < 1.29 is 38.1 Å². The van der Waals surface area contributed by atoms with Gasteiger partial charge < -0.3 is 18.9 Å². The van der Waals surface area contributed by atoms with Gasteiger partial charge in [-0.3, -0.25) is 4.79 Å². The summed E-state index contributed by atoms with van der Waals surface area (Å²) in [4.78, 5) is 49.0. The first-order valence-electron chi connectivity index (χ1n) is 17.7. The molecule has 0 aromatic heterocycles. The predicted octanol–water partition coefficient (Wildman–Crippen LogP) is 7.42. The summed E-state index contributed by atoms with van der Waals surface area (Å²) in [7, 11) is -3.60. The van der Waals surface area contributed by atoms with Crippen LogP contribution in [0.2, 0.25) is 38.3 Å². The molecule has 4 aromatic rings. The Morgan fingerprint density at radius 3 is 1.60 bits per heavy atom. The molecule has 1 aliphatic rings. The van der Waals surface area contributed by atoms with E-state index in [-0.39, 0.29) is 12.4 Å². The highest BCUT2D eigenvalue weighted by Gasteiger charge is 2.26. The summed E-state index contributed by atoms with van der Waals surface area (Å²) in [5.41, 5.74) is 4.92. The van der Waals surface area contributed by atoms with Crippen LogP contribution in [0.1, 0.15) is 38.3 Å². The summed E-state index contributed by atoms with van der Waals surface area (Å²) >= 11 is 0. The number of hydrogen-bond acceptors (Lipinski definition) is 8. The number of rotatable bonds is 17. The molecule has 0 bridgehead atoms. The summed E-state index contributed by atoms with van der Waals surface area (Å²) in [6, 6.07) is 28.2. The van der Waals surface area contributed by atoms with Crippen molar-refractivity contribution in [1.29, 1.82) is 0 Å². The average Bonchev–Trinajstić information content (AvgIpc) is 3.52. The summed E-state index contributed by atoms with van der Waals surface area (Å²) < 4.78 is 22.1. The molecule has 1 aliphatic carbocycles. The van der Waals surface area contributed by atoms with E-state index in [9.17, 15) is 19.2 Å². The lowest BCUT2D eigenvalue weighted by Crippen LogP contribution is -2.42. The van der Waals surface area contributed by atoms with Crippen molar-refractivity contribution in [2.45, 2.75) is 51.1 Å². The van der Waals surface area contributed by atoms with Crippen LogP contribution in [-0.4, -0.2) is 59.7 Å². The number of hydrogen-bond donors (Lipinski definition) is 0. The smallest absolute Gasteiger partial charge is 0.343 e. The molecule has 274 valence electrons. The standard InChI is InChI=1S/C43H46O8Si2/c1-7-34(44)29-48-23-25-53(5,6)38-18-14-36(15-19-38)51-43(47)31-11-21-40-33(27-31)28-32-26-30(10-20-39(32)40)42(46)50-35-12-16-37(17-13-35)52(3,4)24-9-22-49-41(45)8-2/h7-8,10-21,26-27H,1-2,9,22-25,28-29H2,3-6H3. The van der Waals surface area contributed by atoms with Crippen molar-refractivity contribution in [3.05, 3.63) is 132 Å². The van der Waals surface area contributed by atoms with E-state index in [1.54, 1.807) is 12.1 Å². The highest BCUT2D eigenvalue weighted by molar-refractivity contribution is 6.90. The van der Waals surface area contributed by atoms with Gasteiger partial charge in [0, 0.05) is 12.7 Å².